The van der Waals surface area contributed by atoms with Gasteiger partial charge in [0.1, 0.15) is 11.4 Å². The minimum absolute atomic E-state index is 0.135. The fourth-order valence-corrected chi connectivity index (χ4v) is 6.29. The van der Waals surface area contributed by atoms with Gasteiger partial charge in [0.05, 0.1) is 18.9 Å². The van der Waals surface area contributed by atoms with E-state index >= 15 is 0 Å². The van der Waals surface area contributed by atoms with Crippen LogP contribution in [0.4, 0.5) is 10.5 Å². The van der Waals surface area contributed by atoms with Gasteiger partial charge in [-0.1, -0.05) is 13.0 Å². The molecule has 254 valence electrons. The number of rotatable bonds is 7. The summed E-state index contributed by atoms with van der Waals surface area (Å²) in [5, 5.41) is 7.14. The van der Waals surface area contributed by atoms with Crippen LogP contribution >= 0.6 is 0 Å². The lowest BCUT2D eigenvalue weighted by Gasteiger charge is -2.43. The SMILES string of the molecule is C#C.C#C.CCC1(NC2=C(C(N)=Nc3ccc(C(=C4CCC4)N4CCOCC4)c(C)c3)CNC=C2)CCN(C(=O)OC(C)(C)C)CC1. The minimum atomic E-state index is -0.497. The van der Waals surface area contributed by atoms with Crippen molar-refractivity contribution in [3.8, 4) is 25.7 Å². The van der Waals surface area contributed by atoms with Crippen molar-refractivity contribution in [2.45, 2.75) is 84.3 Å². The number of dihydropyridines is 1. The molecule has 1 amide bonds. The lowest BCUT2D eigenvalue weighted by atomic mass is 9.84. The minimum Gasteiger partial charge on any atom is -0.444 e. The van der Waals surface area contributed by atoms with Gasteiger partial charge < -0.3 is 35.6 Å². The zero-order chi connectivity index (χ0) is 34.6. The number of terminal acetylenes is 2. The number of piperidine rings is 1. The van der Waals surface area contributed by atoms with Crippen LogP contribution in [0.5, 0.6) is 0 Å². The van der Waals surface area contributed by atoms with Crippen LogP contribution in [0.15, 0.2) is 52.3 Å². The smallest absolute Gasteiger partial charge is 0.410 e. The van der Waals surface area contributed by atoms with E-state index in [1.165, 1.54) is 36.1 Å². The Labute approximate surface area is 282 Å². The van der Waals surface area contributed by atoms with Gasteiger partial charge in [-0.2, -0.15) is 0 Å². The molecular formula is C38H54N6O3. The number of nitrogens with zero attached hydrogens (tertiary/aromatic N) is 3. The van der Waals surface area contributed by atoms with Crippen molar-refractivity contribution in [2.24, 2.45) is 10.7 Å². The van der Waals surface area contributed by atoms with E-state index < -0.39 is 5.60 Å². The van der Waals surface area contributed by atoms with E-state index in [4.69, 9.17) is 20.2 Å². The predicted octanol–water partition coefficient (Wildman–Crippen LogP) is 5.85. The van der Waals surface area contributed by atoms with Gasteiger partial charge in [0.2, 0.25) is 0 Å². The molecule has 1 aromatic rings. The van der Waals surface area contributed by atoms with Crippen molar-refractivity contribution in [1.29, 1.82) is 0 Å². The summed E-state index contributed by atoms with van der Waals surface area (Å²) in [6, 6.07) is 6.46. The monoisotopic (exact) mass is 642 g/mol. The number of nitrogens with two attached hydrogens (primary N) is 1. The zero-order valence-corrected chi connectivity index (χ0v) is 29.0. The molecule has 2 saturated heterocycles. The molecule has 0 bridgehead atoms. The number of amides is 1. The number of morpholine rings is 1. The first-order valence-corrected chi connectivity index (χ1v) is 16.6. The molecule has 3 fully saturated rings. The summed E-state index contributed by atoms with van der Waals surface area (Å²) in [6.45, 7) is 15.4. The molecule has 1 aliphatic carbocycles. The standard InChI is InChI=1S/C34H50N6O3.2C2H2/c1-6-34(13-16-40(17-14-34)32(41)43-33(3,4)5)38-29-12-15-36-23-28(29)31(35)37-26-10-11-27(24(2)22-26)30(25-8-7-9-25)39-18-20-42-21-19-39;2*1-2/h10-12,15,22,36,38H,6-9,13-14,16-21,23H2,1-5H3,(H2,35,37);2*1-2H. The van der Waals surface area contributed by atoms with Crippen molar-refractivity contribution >= 4 is 23.3 Å². The third-order valence-corrected chi connectivity index (χ3v) is 9.06. The van der Waals surface area contributed by atoms with E-state index in [9.17, 15) is 4.79 Å². The van der Waals surface area contributed by atoms with Crippen LogP contribution in [0.2, 0.25) is 0 Å². The maximum atomic E-state index is 12.6. The van der Waals surface area contributed by atoms with Crippen molar-refractivity contribution in [1.82, 2.24) is 20.4 Å². The molecular weight excluding hydrogens is 588 g/mol. The second kappa shape index (κ2) is 17.0. The number of nitrogens with one attached hydrogen (secondary N) is 2. The average Bonchev–Trinajstić information content (AvgIpc) is 3.05. The van der Waals surface area contributed by atoms with E-state index in [-0.39, 0.29) is 11.6 Å². The highest BCUT2D eigenvalue weighted by Crippen LogP contribution is 2.38. The van der Waals surface area contributed by atoms with E-state index in [0.717, 1.165) is 62.5 Å². The van der Waals surface area contributed by atoms with Crippen LogP contribution in [0.25, 0.3) is 5.70 Å². The van der Waals surface area contributed by atoms with Crippen molar-refractivity contribution < 1.29 is 14.3 Å². The molecule has 9 nitrogen and oxygen atoms in total. The summed E-state index contributed by atoms with van der Waals surface area (Å²) >= 11 is 0. The number of aliphatic imine (C=N–C) groups is 1. The lowest BCUT2D eigenvalue weighted by molar-refractivity contribution is 0.0151. The Morgan fingerprint density at radius 3 is 2.30 bits per heavy atom. The third kappa shape index (κ3) is 9.59. The van der Waals surface area contributed by atoms with Gasteiger partial charge in [-0.25, -0.2) is 9.79 Å². The Balaban J connectivity index is 0.00000144. The Bertz CT molecular complexity index is 1390. The van der Waals surface area contributed by atoms with Gasteiger partial charge in [-0.3, -0.25) is 0 Å². The normalized spacial score (nSPS) is 19.2. The van der Waals surface area contributed by atoms with Crippen LogP contribution in [-0.2, 0) is 9.47 Å². The van der Waals surface area contributed by atoms with Gasteiger partial charge >= 0.3 is 6.09 Å². The molecule has 4 N–H and O–H groups in total. The molecule has 0 aromatic heterocycles. The quantitative estimate of drug-likeness (QED) is 0.195. The maximum absolute atomic E-state index is 12.6. The van der Waals surface area contributed by atoms with Crippen LogP contribution in [0.3, 0.4) is 0 Å². The summed E-state index contributed by atoms with van der Waals surface area (Å²) in [5.41, 5.74) is 14.3. The van der Waals surface area contributed by atoms with Crippen LogP contribution in [0, 0.1) is 32.6 Å². The number of amidine groups is 1. The summed E-state index contributed by atoms with van der Waals surface area (Å²) < 4.78 is 11.2. The lowest BCUT2D eigenvalue weighted by Crippen LogP contribution is -2.54. The Kier molecular flexibility index (Phi) is 13.4. The molecule has 0 spiro atoms. The molecule has 1 aromatic carbocycles. The van der Waals surface area contributed by atoms with Crippen molar-refractivity contribution in [3.63, 3.8) is 0 Å². The highest BCUT2D eigenvalue weighted by atomic mass is 16.6. The third-order valence-electron chi connectivity index (χ3n) is 9.06. The molecule has 0 atom stereocenters. The summed E-state index contributed by atoms with van der Waals surface area (Å²) in [6.07, 6.45) is 26.0. The molecule has 0 radical (unpaired) electrons. The van der Waals surface area contributed by atoms with Crippen molar-refractivity contribution in [2.75, 3.05) is 45.9 Å². The Morgan fingerprint density at radius 1 is 1.09 bits per heavy atom. The van der Waals surface area contributed by atoms with E-state index in [1.807, 2.05) is 37.9 Å². The number of likely N-dealkylation sites (tertiary alicyclic amines) is 1. The van der Waals surface area contributed by atoms with Crippen molar-refractivity contribution in [3.05, 3.63) is 58.4 Å². The number of benzene rings is 1. The van der Waals surface area contributed by atoms with Crippen LogP contribution in [-0.4, -0.2) is 78.8 Å². The first-order valence-electron chi connectivity index (χ1n) is 16.6. The molecule has 5 rings (SSSR count). The largest absolute Gasteiger partial charge is 0.444 e. The first-order chi connectivity index (χ1) is 22.6. The molecule has 4 aliphatic rings. The van der Waals surface area contributed by atoms with Crippen LogP contribution < -0.4 is 16.4 Å². The number of hydrogen-bond donors (Lipinski definition) is 3. The first kappa shape index (κ1) is 37.1. The number of carbonyl (C=O) groups is 1. The number of carbonyl (C=O) groups excluding carboxylic acids is 1. The van der Waals surface area contributed by atoms with E-state index in [1.54, 1.807) is 5.57 Å². The average molecular weight is 643 g/mol. The van der Waals surface area contributed by atoms with Crippen LogP contribution in [0.1, 0.15) is 77.3 Å². The van der Waals surface area contributed by atoms with Gasteiger partial charge in [-0.05, 0) is 102 Å². The van der Waals surface area contributed by atoms with E-state index in [2.05, 4.69) is 73.3 Å². The number of ether oxygens (including phenoxy) is 2. The van der Waals surface area contributed by atoms with E-state index in [0.29, 0.717) is 25.5 Å². The highest BCUT2D eigenvalue weighted by molar-refractivity contribution is 6.00. The summed E-state index contributed by atoms with van der Waals surface area (Å²) in [5.74, 6) is 0.509. The molecule has 0 unspecified atom stereocenters. The summed E-state index contributed by atoms with van der Waals surface area (Å²) in [7, 11) is 0. The maximum Gasteiger partial charge on any atom is 0.410 e. The fourth-order valence-electron chi connectivity index (χ4n) is 6.29. The van der Waals surface area contributed by atoms with Gasteiger partial charge in [0.25, 0.3) is 0 Å². The number of aryl methyl sites for hydroxylation is 1. The Hall–Kier alpha value is -4.34. The molecule has 9 heteroatoms. The molecule has 1 saturated carbocycles. The number of allylic oxidation sites excluding steroid dienone is 2. The topological polar surface area (TPSA) is 104 Å². The number of hydrogen-bond acceptors (Lipinski definition) is 7. The summed E-state index contributed by atoms with van der Waals surface area (Å²) in [4.78, 5) is 21.9. The predicted molar refractivity (Wildman–Crippen MR) is 193 cm³/mol. The second-order valence-electron chi connectivity index (χ2n) is 13.2. The molecule has 3 heterocycles. The molecule has 3 aliphatic heterocycles. The Morgan fingerprint density at radius 2 is 1.74 bits per heavy atom. The highest BCUT2D eigenvalue weighted by Gasteiger charge is 2.37. The van der Waals surface area contributed by atoms with Gasteiger partial charge in [0.15, 0.2) is 0 Å². The molecule has 47 heavy (non-hydrogen) atoms. The zero-order valence-electron chi connectivity index (χ0n) is 29.0. The van der Waals surface area contributed by atoms with Gasteiger partial charge in [-0.15, -0.1) is 25.7 Å². The van der Waals surface area contributed by atoms with Gasteiger partial charge in [0, 0.05) is 60.8 Å². The fraction of sp³-hybridized carbons (Fsp3) is 0.526. The second-order valence-corrected chi connectivity index (χ2v) is 13.2.